The van der Waals surface area contributed by atoms with Crippen LogP contribution in [0.3, 0.4) is 0 Å². The van der Waals surface area contributed by atoms with Crippen LogP contribution in [-0.4, -0.2) is 27.9 Å². The van der Waals surface area contributed by atoms with E-state index in [1.165, 1.54) is 12.8 Å². The van der Waals surface area contributed by atoms with Gasteiger partial charge in [0.05, 0.1) is 0 Å². The van der Waals surface area contributed by atoms with Crippen LogP contribution in [-0.2, 0) is 6.42 Å². The van der Waals surface area contributed by atoms with Crippen LogP contribution in [0.4, 0.5) is 0 Å². The second-order valence-electron chi connectivity index (χ2n) is 3.49. The lowest BCUT2D eigenvalue weighted by atomic mass is 10.1. The molecule has 2 rings (SSSR count). The van der Waals surface area contributed by atoms with Gasteiger partial charge in [-0.2, -0.15) is 0 Å². The Morgan fingerprint density at radius 3 is 3.00 bits per heavy atom. The van der Waals surface area contributed by atoms with Crippen LogP contribution >= 0.6 is 0 Å². The quantitative estimate of drug-likeness (QED) is 0.731. The first kappa shape index (κ1) is 8.69. The standard InChI is InChI=1S/C9H16N4/c1-2-9-12-11-7-13(9)8-3-5-10-6-4-8/h7-8,10H,2-6H2,1H3. The van der Waals surface area contributed by atoms with Crippen LogP contribution < -0.4 is 5.32 Å². The number of aromatic nitrogens is 3. The molecule has 1 fully saturated rings. The number of piperidine rings is 1. The maximum absolute atomic E-state index is 4.10. The number of hydrogen-bond donors (Lipinski definition) is 1. The summed E-state index contributed by atoms with van der Waals surface area (Å²) in [6.07, 6.45) is 5.24. The van der Waals surface area contributed by atoms with Gasteiger partial charge in [0.2, 0.25) is 0 Å². The molecule has 0 spiro atoms. The Morgan fingerprint density at radius 2 is 2.31 bits per heavy atom. The molecule has 1 aliphatic heterocycles. The molecule has 1 saturated heterocycles. The first-order chi connectivity index (χ1) is 6.42. The normalized spacial score (nSPS) is 19.2. The molecule has 1 aromatic rings. The van der Waals surface area contributed by atoms with E-state index in [4.69, 9.17) is 0 Å². The Balaban J connectivity index is 2.13. The van der Waals surface area contributed by atoms with Crippen LogP contribution in [0.25, 0.3) is 0 Å². The van der Waals surface area contributed by atoms with Crippen LogP contribution in [0.5, 0.6) is 0 Å². The minimum absolute atomic E-state index is 0.617. The summed E-state index contributed by atoms with van der Waals surface area (Å²) in [5.41, 5.74) is 0. The molecular formula is C9H16N4. The average molecular weight is 180 g/mol. The molecule has 0 saturated carbocycles. The zero-order valence-electron chi connectivity index (χ0n) is 8.03. The lowest BCUT2D eigenvalue weighted by Crippen LogP contribution is -2.29. The van der Waals surface area contributed by atoms with Gasteiger partial charge in [-0.3, -0.25) is 0 Å². The van der Waals surface area contributed by atoms with Crippen LogP contribution in [0.15, 0.2) is 6.33 Å². The van der Waals surface area contributed by atoms with E-state index in [2.05, 4.69) is 27.0 Å². The number of nitrogens with one attached hydrogen (secondary N) is 1. The fraction of sp³-hybridized carbons (Fsp3) is 0.778. The van der Waals surface area contributed by atoms with Crippen molar-refractivity contribution in [2.45, 2.75) is 32.2 Å². The summed E-state index contributed by atoms with van der Waals surface area (Å²) < 4.78 is 2.24. The van der Waals surface area contributed by atoms with E-state index in [9.17, 15) is 0 Å². The van der Waals surface area contributed by atoms with Crippen molar-refractivity contribution in [3.63, 3.8) is 0 Å². The summed E-state index contributed by atoms with van der Waals surface area (Å²) in [7, 11) is 0. The van der Waals surface area contributed by atoms with E-state index in [1.54, 1.807) is 0 Å². The van der Waals surface area contributed by atoms with Crippen molar-refractivity contribution in [3.8, 4) is 0 Å². The van der Waals surface area contributed by atoms with Crippen molar-refractivity contribution in [1.29, 1.82) is 0 Å². The minimum Gasteiger partial charge on any atom is -0.317 e. The third-order valence-corrected chi connectivity index (χ3v) is 2.67. The van der Waals surface area contributed by atoms with Crippen molar-refractivity contribution < 1.29 is 0 Å². The maximum atomic E-state index is 4.10. The molecule has 1 N–H and O–H groups in total. The van der Waals surface area contributed by atoms with E-state index >= 15 is 0 Å². The summed E-state index contributed by atoms with van der Waals surface area (Å²) in [6.45, 7) is 4.36. The predicted molar refractivity (Wildman–Crippen MR) is 50.5 cm³/mol. The summed E-state index contributed by atoms with van der Waals surface area (Å²) in [6, 6.07) is 0.617. The fourth-order valence-electron chi connectivity index (χ4n) is 1.91. The fourth-order valence-corrected chi connectivity index (χ4v) is 1.91. The zero-order chi connectivity index (χ0) is 9.10. The van der Waals surface area contributed by atoms with Gasteiger partial charge in [0.25, 0.3) is 0 Å². The lowest BCUT2D eigenvalue weighted by molar-refractivity contribution is 0.360. The highest BCUT2D eigenvalue weighted by molar-refractivity contribution is 4.90. The Bertz CT molecular complexity index is 262. The van der Waals surface area contributed by atoms with Crippen molar-refractivity contribution in [3.05, 3.63) is 12.2 Å². The first-order valence-electron chi connectivity index (χ1n) is 5.01. The molecule has 0 bridgehead atoms. The van der Waals surface area contributed by atoms with E-state index in [0.717, 1.165) is 25.3 Å². The highest BCUT2D eigenvalue weighted by Gasteiger charge is 2.16. The Morgan fingerprint density at radius 1 is 1.54 bits per heavy atom. The van der Waals surface area contributed by atoms with Gasteiger partial charge in [0, 0.05) is 12.5 Å². The van der Waals surface area contributed by atoms with Gasteiger partial charge in [-0.15, -0.1) is 10.2 Å². The predicted octanol–water partition coefficient (Wildman–Crippen LogP) is 0.765. The van der Waals surface area contributed by atoms with E-state index in [0.29, 0.717) is 6.04 Å². The molecule has 4 nitrogen and oxygen atoms in total. The molecule has 72 valence electrons. The number of aryl methyl sites for hydroxylation is 1. The summed E-state index contributed by atoms with van der Waals surface area (Å²) in [5.74, 6) is 1.12. The van der Waals surface area contributed by atoms with Gasteiger partial charge in [-0.1, -0.05) is 6.92 Å². The van der Waals surface area contributed by atoms with Gasteiger partial charge < -0.3 is 9.88 Å². The summed E-state index contributed by atoms with van der Waals surface area (Å²) in [5, 5.41) is 11.4. The Labute approximate surface area is 78.4 Å². The number of hydrogen-bond acceptors (Lipinski definition) is 3. The molecule has 0 atom stereocenters. The molecular weight excluding hydrogens is 164 g/mol. The second-order valence-corrected chi connectivity index (χ2v) is 3.49. The van der Waals surface area contributed by atoms with Gasteiger partial charge in [-0.05, 0) is 25.9 Å². The average Bonchev–Trinajstić information content (AvgIpc) is 2.67. The topological polar surface area (TPSA) is 42.7 Å². The van der Waals surface area contributed by atoms with E-state index in [-0.39, 0.29) is 0 Å². The SMILES string of the molecule is CCc1nncn1C1CCNCC1. The maximum Gasteiger partial charge on any atom is 0.132 e. The highest BCUT2D eigenvalue weighted by atomic mass is 15.3. The monoisotopic (exact) mass is 180 g/mol. The summed E-state index contributed by atoms with van der Waals surface area (Å²) >= 11 is 0. The molecule has 2 heterocycles. The molecule has 4 heteroatoms. The molecule has 1 aromatic heterocycles. The van der Waals surface area contributed by atoms with Crippen LogP contribution in [0.1, 0.15) is 31.6 Å². The molecule has 13 heavy (non-hydrogen) atoms. The van der Waals surface area contributed by atoms with Gasteiger partial charge in [0.15, 0.2) is 0 Å². The molecule has 0 radical (unpaired) electrons. The zero-order valence-corrected chi connectivity index (χ0v) is 8.03. The second kappa shape index (κ2) is 3.87. The third kappa shape index (κ3) is 1.72. The van der Waals surface area contributed by atoms with Crippen molar-refractivity contribution in [2.24, 2.45) is 0 Å². The Hall–Kier alpha value is -0.900. The number of nitrogens with zero attached hydrogens (tertiary/aromatic N) is 3. The van der Waals surface area contributed by atoms with Crippen LogP contribution in [0, 0.1) is 0 Å². The van der Waals surface area contributed by atoms with Gasteiger partial charge >= 0.3 is 0 Å². The molecule has 1 aliphatic rings. The molecule has 0 aliphatic carbocycles. The molecule has 0 amide bonds. The Kier molecular flexibility index (Phi) is 2.59. The van der Waals surface area contributed by atoms with Crippen molar-refractivity contribution in [2.75, 3.05) is 13.1 Å². The van der Waals surface area contributed by atoms with Crippen molar-refractivity contribution in [1.82, 2.24) is 20.1 Å². The van der Waals surface area contributed by atoms with E-state index in [1.807, 2.05) is 6.33 Å². The van der Waals surface area contributed by atoms with E-state index < -0.39 is 0 Å². The highest BCUT2D eigenvalue weighted by Crippen LogP contribution is 2.19. The lowest BCUT2D eigenvalue weighted by Gasteiger charge is -2.24. The smallest absolute Gasteiger partial charge is 0.132 e. The largest absolute Gasteiger partial charge is 0.317 e. The first-order valence-corrected chi connectivity index (χ1v) is 5.01. The number of rotatable bonds is 2. The van der Waals surface area contributed by atoms with Crippen LogP contribution in [0.2, 0.25) is 0 Å². The minimum atomic E-state index is 0.617. The summed E-state index contributed by atoms with van der Waals surface area (Å²) in [4.78, 5) is 0. The van der Waals surface area contributed by atoms with Gasteiger partial charge in [-0.25, -0.2) is 0 Å². The molecule has 0 aromatic carbocycles. The molecule has 0 unspecified atom stereocenters. The third-order valence-electron chi connectivity index (χ3n) is 2.67. The van der Waals surface area contributed by atoms with Gasteiger partial charge in [0.1, 0.15) is 12.2 Å². The van der Waals surface area contributed by atoms with Crippen molar-refractivity contribution >= 4 is 0 Å².